The molecule has 0 radical (unpaired) electrons. The second-order valence-corrected chi connectivity index (χ2v) is 7.15. The summed E-state index contributed by atoms with van der Waals surface area (Å²) in [6, 6.07) is 13.5. The number of hydrogen-bond acceptors (Lipinski definition) is 6. The number of benzene rings is 2. The van der Waals surface area contributed by atoms with Gasteiger partial charge in [0.25, 0.3) is 5.56 Å². The van der Waals surface area contributed by atoms with Crippen LogP contribution in [0.1, 0.15) is 22.6 Å². The van der Waals surface area contributed by atoms with Crippen molar-refractivity contribution in [2.75, 3.05) is 0 Å². The van der Waals surface area contributed by atoms with Crippen LogP contribution in [-0.2, 0) is 14.1 Å². The van der Waals surface area contributed by atoms with E-state index in [1.165, 1.54) is 18.7 Å². The van der Waals surface area contributed by atoms with Gasteiger partial charge in [0.05, 0.1) is 22.4 Å². The maximum absolute atomic E-state index is 13.1. The highest BCUT2D eigenvalue weighted by molar-refractivity contribution is 5.84. The van der Waals surface area contributed by atoms with Crippen molar-refractivity contribution in [1.29, 1.82) is 0 Å². The van der Waals surface area contributed by atoms with Crippen LogP contribution in [0.4, 0.5) is 0 Å². The molecule has 2 aromatic heterocycles. The minimum Gasteiger partial charge on any atom is -0.507 e. The molecule has 1 atom stereocenters. The molecule has 2 aromatic carbocycles. The van der Waals surface area contributed by atoms with Gasteiger partial charge in [-0.15, -0.1) is 0 Å². The van der Waals surface area contributed by atoms with E-state index in [1.807, 2.05) is 0 Å². The van der Waals surface area contributed by atoms with E-state index < -0.39 is 22.8 Å². The average Bonchev–Trinajstić information content (AvgIpc) is 2.75. The third-order valence-electron chi connectivity index (χ3n) is 5.48. The Bertz CT molecular complexity index is 1530. The molecule has 4 aromatic rings. The van der Waals surface area contributed by atoms with Gasteiger partial charge in [0.15, 0.2) is 0 Å². The SMILES string of the molecule is Cn1c2c(c(=O)n(C)c1=O)C(c1c(O)c3ccccc3oc1=O)c1ccccc1O2. The van der Waals surface area contributed by atoms with Gasteiger partial charge in [0.2, 0.25) is 5.88 Å². The lowest BCUT2D eigenvalue weighted by Gasteiger charge is -2.29. The standard InChI is InChI=1S/C22H16N2O6/c1-23-19(26)17-15(16-18(25)12-8-4-6-10-14(12)30-21(16)27)11-7-3-5-9-13(11)29-20(17)24(2)22(23)28/h3-10,15,25H,1-2H3. The zero-order chi connectivity index (χ0) is 21.2. The number of para-hydroxylation sites is 2. The number of aromatic nitrogens is 2. The molecule has 150 valence electrons. The summed E-state index contributed by atoms with van der Waals surface area (Å²) in [5, 5.41) is 11.4. The zero-order valence-corrected chi connectivity index (χ0v) is 16.1. The average molecular weight is 404 g/mol. The van der Waals surface area contributed by atoms with Gasteiger partial charge in [-0.3, -0.25) is 13.9 Å². The first-order valence-corrected chi connectivity index (χ1v) is 9.21. The Kier molecular flexibility index (Phi) is 3.73. The first-order valence-electron chi connectivity index (χ1n) is 9.21. The summed E-state index contributed by atoms with van der Waals surface area (Å²) < 4.78 is 13.5. The van der Waals surface area contributed by atoms with Gasteiger partial charge < -0.3 is 14.3 Å². The van der Waals surface area contributed by atoms with E-state index in [2.05, 4.69) is 0 Å². The summed E-state index contributed by atoms with van der Waals surface area (Å²) in [5.41, 5.74) is -1.20. The van der Waals surface area contributed by atoms with Crippen molar-refractivity contribution < 1.29 is 14.3 Å². The van der Waals surface area contributed by atoms with Gasteiger partial charge >= 0.3 is 11.3 Å². The van der Waals surface area contributed by atoms with Crippen LogP contribution in [0, 0.1) is 0 Å². The van der Waals surface area contributed by atoms with Gasteiger partial charge in [-0.1, -0.05) is 30.3 Å². The molecule has 0 amide bonds. The minimum atomic E-state index is -0.976. The first-order chi connectivity index (χ1) is 14.4. The molecule has 30 heavy (non-hydrogen) atoms. The molecule has 0 saturated carbocycles. The lowest BCUT2D eigenvalue weighted by Crippen LogP contribution is -2.41. The Morgan fingerprint density at radius 3 is 2.40 bits per heavy atom. The molecule has 1 N–H and O–H groups in total. The second-order valence-electron chi connectivity index (χ2n) is 7.15. The molecule has 0 spiro atoms. The van der Waals surface area contributed by atoms with Crippen LogP contribution >= 0.6 is 0 Å². The van der Waals surface area contributed by atoms with E-state index in [1.54, 1.807) is 48.5 Å². The largest absolute Gasteiger partial charge is 0.507 e. The maximum Gasteiger partial charge on any atom is 0.344 e. The number of rotatable bonds is 1. The van der Waals surface area contributed by atoms with Crippen molar-refractivity contribution in [3.63, 3.8) is 0 Å². The Balaban J connectivity index is 1.96. The fourth-order valence-electron chi connectivity index (χ4n) is 4.00. The normalized spacial score (nSPS) is 14.8. The molecule has 8 nitrogen and oxygen atoms in total. The van der Waals surface area contributed by atoms with Crippen LogP contribution in [0.3, 0.4) is 0 Å². The number of hydrogen-bond donors (Lipinski definition) is 1. The first kappa shape index (κ1) is 18.0. The Hall–Kier alpha value is -4.07. The van der Waals surface area contributed by atoms with Crippen molar-refractivity contribution in [1.82, 2.24) is 9.13 Å². The Morgan fingerprint density at radius 1 is 0.900 bits per heavy atom. The van der Waals surface area contributed by atoms with Crippen molar-refractivity contribution in [2.45, 2.75) is 5.92 Å². The Labute approximate surface area is 168 Å². The highest BCUT2D eigenvalue weighted by Crippen LogP contribution is 2.47. The molecule has 0 bridgehead atoms. The van der Waals surface area contributed by atoms with E-state index in [-0.39, 0.29) is 28.3 Å². The van der Waals surface area contributed by atoms with Crippen LogP contribution in [0.15, 0.2) is 67.3 Å². The third kappa shape index (κ3) is 2.30. The lowest BCUT2D eigenvalue weighted by atomic mass is 9.84. The number of aromatic hydroxyl groups is 1. The molecule has 0 fully saturated rings. The van der Waals surface area contributed by atoms with Gasteiger partial charge in [-0.2, -0.15) is 0 Å². The predicted molar refractivity (Wildman–Crippen MR) is 109 cm³/mol. The molecule has 3 heterocycles. The van der Waals surface area contributed by atoms with Crippen molar-refractivity contribution in [2.24, 2.45) is 14.1 Å². The van der Waals surface area contributed by atoms with Gasteiger partial charge in [-0.05, 0) is 18.2 Å². The molecule has 0 saturated heterocycles. The lowest BCUT2D eigenvalue weighted by molar-refractivity contribution is 0.389. The van der Waals surface area contributed by atoms with Crippen molar-refractivity contribution in [3.8, 4) is 17.4 Å². The molecule has 1 aliphatic rings. The van der Waals surface area contributed by atoms with E-state index >= 15 is 0 Å². The molecule has 5 rings (SSSR count). The number of ether oxygens (including phenoxy) is 1. The molecular weight excluding hydrogens is 388 g/mol. The summed E-state index contributed by atoms with van der Waals surface area (Å²) in [4.78, 5) is 38.5. The quantitative estimate of drug-likeness (QED) is 0.430. The third-order valence-corrected chi connectivity index (χ3v) is 5.48. The Morgan fingerprint density at radius 2 is 1.60 bits per heavy atom. The summed E-state index contributed by atoms with van der Waals surface area (Å²) in [5.74, 6) is -0.842. The topological polar surface area (TPSA) is 104 Å². The molecule has 0 aliphatic carbocycles. The molecular formula is C22H16N2O6. The summed E-state index contributed by atoms with van der Waals surface area (Å²) >= 11 is 0. The van der Waals surface area contributed by atoms with Crippen molar-refractivity contribution >= 4 is 11.0 Å². The van der Waals surface area contributed by atoms with E-state index in [0.717, 1.165) is 4.57 Å². The molecule has 8 heteroatoms. The fraction of sp³-hybridized carbons (Fsp3) is 0.136. The van der Waals surface area contributed by atoms with Crippen LogP contribution in [0.25, 0.3) is 11.0 Å². The van der Waals surface area contributed by atoms with E-state index in [4.69, 9.17) is 9.15 Å². The van der Waals surface area contributed by atoms with Gasteiger partial charge in [-0.25, -0.2) is 9.59 Å². The number of fused-ring (bicyclic) bond motifs is 3. The monoisotopic (exact) mass is 404 g/mol. The summed E-state index contributed by atoms with van der Waals surface area (Å²) in [6.07, 6.45) is 0. The van der Waals surface area contributed by atoms with Crippen LogP contribution in [0.5, 0.6) is 17.4 Å². The zero-order valence-electron chi connectivity index (χ0n) is 16.1. The minimum absolute atomic E-state index is 0.0266. The second kappa shape index (κ2) is 6.21. The van der Waals surface area contributed by atoms with E-state index in [9.17, 15) is 19.5 Å². The molecule has 1 aliphatic heterocycles. The van der Waals surface area contributed by atoms with Crippen LogP contribution in [0.2, 0.25) is 0 Å². The molecule has 1 unspecified atom stereocenters. The smallest absolute Gasteiger partial charge is 0.344 e. The predicted octanol–water partition coefficient (Wildman–Crippen LogP) is 2.18. The maximum atomic E-state index is 13.1. The van der Waals surface area contributed by atoms with Crippen molar-refractivity contribution in [3.05, 3.63) is 96.5 Å². The number of nitrogens with zero attached hydrogens (tertiary/aromatic N) is 2. The van der Waals surface area contributed by atoms with Gasteiger partial charge in [0.1, 0.15) is 17.1 Å². The fourth-order valence-corrected chi connectivity index (χ4v) is 4.00. The summed E-state index contributed by atoms with van der Waals surface area (Å²) in [6.45, 7) is 0. The van der Waals surface area contributed by atoms with Gasteiger partial charge in [0, 0.05) is 19.7 Å². The van der Waals surface area contributed by atoms with Crippen LogP contribution in [-0.4, -0.2) is 14.2 Å². The summed E-state index contributed by atoms with van der Waals surface area (Å²) in [7, 11) is 2.83. The van der Waals surface area contributed by atoms with E-state index in [0.29, 0.717) is 16.7 Å². The van der Waals surface area contributed by atoms with Crippen LogP contribution < -0.4 is 21.6 Å². The highest BCUT2D eigenvalue weighted by Gasteiger charge is 2.38. The highest BCUT2D eigenvalue weighted by atomic mass is 16.5.